The molecule has 1 aromatic carbocycles. The number of rotatable bonds is 4. The van der Waals surface area contributed by atoms with Gasteiger partial charge in [-0.25, -0.2) is 0 Å². The van der Waals surface area contributed by atoms with Gasteiger partial charge in [-0.05, 0) is 0 Å². The van der Waals surface area contributed by atoms with Crippen molar-refractivity contribution in [2.45, 2.75) is 6.42 Å². The first-order chi connectivity index (χ1) is 7.34. The van der Waals surface area contributed by atoms with Crippen molar-refractivity contribution in [3.05, 3.63) is 63.8 Å². The molecule has 0 atom stereocenters. The summed E-state index contributed by atoms with van der Waals surface area (Å²) in [5.74, 6) is 0. The van der Waals surface area contributed by atoms with Crippen LogP contribution in [0.3, 0.4) is 0 Å². The second-order valence-corrected chi connectivity index (χ2v) is 6.67. The van der Waals surface area contributed by atoms with Gasteiger partial charge in [-0.15, -0.1) is 0 Å². The van der Waals surface area contributed by atoms with Gasteiger partial charge in [0.2, 0.25) is 0 Å². The monoisotopic (exact) mass is 280 g/mol. The topological polar surface area (TPSA) is 0 Å². The van der Waals surface area contributed by atoms with Crippen molar-refractivity contribution >= 4 is 30.8 Å². The summed E-state index contributed by atoms with van der Waals surface area (Å²) in [6, 6.07) is 12.8. The van der Waals surface area contributed by atoms with Gasteiger partial charge in [-0.1, -0.05) is 0 Å². The van der Waals surface area contributed by atoms with Gasteiger partial charge in [0.15, 0.2) is 0 Å². The van der Waals surface area contributed by atoms with Gasteiger partial charge < -0.3 is 0 Å². The molecule has 0 aliphatic heterocycles. The van der Waals surface area contributed by atoms with E-state index < -0.39 is 0 Å². The third-order valence-electron chi connectivity index (χ3n) is 1.99. The summed E-state index contributed by atoms with van der Waals surface area (Å²) in [6.07, 6.45) is 1.03. The maximum atomic E-state index is 4.16. The Morgan fingerprint density at radius 2 is 2.00 bits per heavy atom. The molecule has 0 spiro atoms. The molecule has 1 heterocycles. The van der Waals surface area contributed by atoms with Gasteiger partial charge in [0, 0.05) is 0 Å². The Balaban J connectivity index is 1.94. The van der Waals surface area contributed by atoms with Crippen LogP contribution in [0.4, 0.5) is 0 Å². The molecule has 2 heteroatoms. The van der Waals surface area contributed by atoms with Gasteiger partial charge in [0.1, 0.15) is 0 Å². The molecule has 0 unspecified atom stereocenters. The zero-order chi connectivity index (χ0) is 10.5. The van der Waals surface area contributed by atoms with Crippen LogP contribution in [0.2, 0.25) is 0 Å². The van der Waals surface area contributed by atoms with E-state index in [9.17, 15) is 0 Å². The number of allylic oxidation sites excluding steroid dienone is 1. The van der Waals surface area contributed by atoms with E-state index in [0.717, 1.165) is 6.42 Å². The summed E-state index contributed by atoms with van der Waals surface area (Å²) in [6.45, 7) is 4.16. The van der Waals surface area contributed by atoms with E-state index in [0.29, 0.717) is 15.0 Å². The zero-order valence-electron chi connectivity index (χ0n) is 8.35. The first kappa shape index (κ1) is 10.7. The Bertz CT molecular complexity index is 417. The van der Waals surface area contributed by atoms with Gasteiger partial charge in [0.05, 0.1) is 0 Å². The Morgan fingerprint density at radius 3 is 2.67 bits per heavy atom. The Kier molecular flexibility index (Phi) is 3.79. The fraction of sp³-hybridized carbons (Fsp3) is 0.0769. The van der Waals surface area contributed by atoms with Crippen molar-refractivity contribution in [1.82, 2.24) is 0 Å². The van der Waals surface area contributed by atoms with Crippen LogP contribution in [0.1, 0.15) is 5.56 Å². The molecule has 0 saturated carbocycles. The van der Waals surface area contributed by atoms with Crippen LogP contribution in [-0.2, 0) is 6.42 Å². The molecule has 0 aliphatic rings. The number of thiophene rings is 1. The van der Waals surface area contributed by atoms with E-state index in [1.165, 1.54) is 14.5 Å². The average Bonchev–Trinajstić information content (AvgIpc) is 2.71. The van der Waals surface area contributed by atoms with Crippen molar-refractivity contribution in [2.24, 2.45) is 0 Å². The molecule has 1 aromatic heterocycles. The van der Waals surface area contributed by atoms with Crippen LogP contribution in [0.25, 0.3) is 0 Å². The molecule has 0 aliphatic carbocycles. The molecular formula is C13H12SSe. The predicted molar refractivity (Wildman–Crippen MR) is 69.0 cm³/mol. The molecule has 2 aromatic rings. The molecule has 76 valence electrons. The molecular weight excluding hydrogens is 267 g/mol. The van der Waals surface area contributed by atoms with E-state index in [4.69, 9.17) is 0 Å². The maximum absolute atomic E-state index is 4.16. The van der Waals surface area contributed by atoms with E-state index in [-0.39, 0.29) is 0 Å². The normalized spacial score (nSPS) is 10.1. The van der Waals surface area contributed by atoms with Crippen LogP contribution in [0, 0.1) is 0 Å². The first-order valence-electron chi connectivity index (χ1n) is 4.76. The fourth-order valence-corrected chi connectivity index (χ4v) is 3.80. The van der Waals surface area contributed by atoms with Crippen molar-refractivity contribution in [2.75, 3.05) is 0 Å². The van der Waals surface area contributed by atoms with Crippen LogP contribution in [0.15, 0.2) is 58.2 Å². The standard InChI is InChI=1S/C13H12SSe/c1-11(9-12-7-8-14-10-12)15-13-5-3-2-4-6-13/h2-8,10H,1,9H2. The summed E-state index contributed by atoms with van der Waals surface area (Å²) in [5, 5.41) is 4.32. The quantitative estimate of drug-likeness (QED) is 0.755. The average molecular weight is 279 g/mol. The SMILES string of the molecule is C=C(Cc1ccsc1)[Se]c1ccccc1. The number of hydrogen-bond acceptors (Lipinski definition) is 1. The minimum atomic E-state index is 0.406. The van der Waals surface area contributed by atoms with Crippen molar-refractivity contribution in [3.63, 3.8) is 0 Å². The van der Waals surface area contributed by atoms with Crippen LogP contribution in [-0.4, -0.2) is 15.0 Å². The zero-order valence-corrected chi connectivity index (χ0v) is 10.9. The summed E-state index contributed by atoms with van der Waals surface area (Å²) < 4.78 is 2.75. The first-order valence-corrected chi connectivity index (χ1v) is 7.42. The molecule has 15 heavy (non-hydrogen) atoms. The third-order valence-corrected chi connectivity index (χ3v) is 4.69. The molecule has 0 nitrogen and oxygen atoms in total. The molecule has 2 rings (SSSR count). The van der Waals surface area contributed by atoms with Crippen molar-refractivity contribution in [3.8, 4) is 0 Å². The molecule has 0 amide bonds. The van der Waals surface area contributed by atoms with Crippen LogP contribution in [0.5, 0.6) is 0 Å². The van der Waals surface area contributed by atoms with E-state index in [1.807, 2.05) is 0 Å². The molecule has 0 bridgehead atoms. The third kappa shape index (κ3) is 3.35. The van der Waals surface area contributed by atoms with Gasteiger partial charge >= 0.3 is 101 Å². The van der Waals surface area contributed by atoms with E-state index in [2.05, 4.69) is 53.7 Å². The second-order valence-electron chi connectivity index (χ2n) is 3.26. The second kappa shape index (κ2) is 5.31. The molecule has 0 radical (unpaired) electrons. The Labute approximate surface area is 101 Å². The van der Waals surface area contributed by atoms with E-state index in [1.54, 1.807) is 11.3 Å². The number of benzene rings is 1. The molecule has 0 fully saturated rings. The summed E-state index contributed by atoms with van der Waals surface area (Å²) in [7, 11) is 0. The minimum absolute atomic E-state index is 0.406. The Hall–Kier alpha value is -0.821. The summed E-state index contributed by atoms with van der Waals surface area (Å²) in [4.78, 5) is 0. The van der Waals surface area contributed by atoms with Gasteiger partial charge in [-0.3, -0.25) is 0 Å². The van der Waals surface area contributed by atoms with Crippen LogP contribution >= 0.6 is 11.3 Å². The fourth-order valence-electron chi connectivity index (χ4n) is 1.31. The van der Waals surface area contributed by atoms with Gasteiger partial charge in [0.25, 0.3) is 0 Å². The summed E-state index contributed by atoms with van der Waals surface area (Å²) in [5.41, 5.74) is 1.39. The number of hydrogen-bond donors (Lipinski definition) is 0. The van der Waals surface area contributed by atoms with Crippen molar-refractivity contribution in [1.29, 1.82) is 0 Å². The Morgan fingerprint density at radius 1 is 1.20 bits per heavy atom. The van der Waals surface area contributed by atoms with Crippen LogP contribution < -0.4 is 4.46 Å². The molecule has 0 saturated heterocycles. The predicted octanol–water partition coefficient (Wildman–Crippen LogP) is 2.83. The molecule has 0 N–H and O–H groups in total. The van der Waals surface area contributed by atoms with E-state index >= 15 is 0 Å². The summed E-state index contributed by atoms with van der Waals surface area (Å²) >= 11 is 2.16. The van der Waals surface area contributed by atoms with Crippen molar-refractivity contribution < 1.29 is 0 Å². The van der Waals surface area contributed by atoms with Gasteiger partial charge in [-0.2, -0.15) is 0 Å².